The Labute approximate surface area is 92.3 Å². The van der Waals surface area contributed by atoms with Crippen LogP contribution in [0.15, 0.2) is 18.2 Å². The van der Waals surface area contributed by atoms with Crippen molar-refractivity contribution in [1.29, 1.82) is 0 Å². The van der Waals surface area contributed by atoms with Gasteiger partial charge in [0.05, 0.1) is 15.9 Å². The fraction of sp³-hybridized carbons (Fsp3) is 0. The first-order chi connectivity index (χ1) is 6.20. The van der Waals surface area contributed by atoms with E-state index in [2.05, 4.69) is 10.2 Å². The van der Waals surface area contributed by atoms with E-state index < -0.39 is 0 Å². The molecule has 2 rings (SSSR count). The van der Waals surface area contributed by atoms with Crippen molar-refractivity contribution in [3.05, 3.63) is 32.7 Å². The third-order valence-electron chi connectivity index (χ3n) is 1.64. The smallest absolute Gasteiger partial charge is 0.143 e. The molecule has 1 aromatic carbocycles. The topological polar surface area (TPSA) is 25.8 Å². The van der Waals surface area contributed by atoms with Gasteiger partial charge in [-0.2, -0.15) is 0 Å². The zero-order valence-electron chi connectivity index (χ0n) is 6.26. The summed E-state index contributed by atoms with van der Waals surface area (Å²) in [6.07, 6.45) is 0. The van der Waals surface area contributed by atoms with Crippen LogP contribution < -0.4 is 0 Å². The van der Waals surface area contributed by atoms with Crippen molar-refractivity contribution < 1.29 is 4.39 Å². The summed E-state index contributed by atoms with van der Waals surface area (Å²) < 4.78 is 13.8. The molecule has 0 aliphatic heterocycles. The van der Waals surface area contributed by atoms with E-state index in [0.29, 0.717) is 19.6 Å². The SMILES string of the molecule is Fc1cccc2nnc(I)c(Cl)c12. The van der Waals surface area contributed by atoms with Crippen LogP contribution in [0.3, 0.4) is 0 Å². The van der Waals surface area contributed by atoms with Gasteiger partial charge in [0.25, 0.3) is 0 Å². The molecule has 0 unspecified atom stereocenters. The molecule has 0 saturated heterocycles. The third-order valence-corrected chi connectivity index (χ3v) is 3.08. The summed E-state index contributed by atoms with van der Waals surface area (Å²) in [5.74, 6) is -0.365. The van der Waals surface area contributed by atoms with Crippen LogP contribution in [0.2, 0.25) is 5.02 Å². The summed E-state index contributed by atoms with van der Waals surface area (Å²) in [4.78, 5) is 0. The van der Waals surface area contributed by atoms with Crippen LogP contribution in [0.25, 0.3) is 10.9 Å². The van der Waals surface area contributed by atoms with Gasteiger partial charge in [-0.25, -0.2) is 4.39 Å². The predicted octanol–water partition coefficient (Wildman–Crippen LogP) is 3.03. The number of hydrogen-bond donors (Lipinski definition) is 0. The molecule has 1 heterocycles. The largest absolute Gasteiger partial charge is 0.206 e. The Morgan fingerprint density at radius 3 is 2.85 bits per heavy atom. The highest BCUT2D eigenvalue weighted by Crippen LogP contribution is 2.26. The number of hydrogen-bond acceptors (Lipinski definition) is 2. The maximum atomic E-state index is 13.3. The third kappa shape index (κ3) is 1.48. The minimum Gasteiger partial charge on any atom is -0.206 e. The van der Waals surface area contributed by atoms with E-state index >= 15 is 0 Å². The number of rotatable bonds is 0. The fourth-order valence-electron chi connectivity index (χ4n) is 1.06. The number of benzene rings is 1. The van der Waals surface area contributed by atoms with Gasteiger partial charge in [0.2, 0.25) is 0 Å². The molecule has 2 aromatic rings. The standard InChI is InChI=1S/C8H3ClFIN2/c9-7-6-4(10)2-1-3-5(6)12-13-8(7)11/h1-3H. The summed E-state index contributed by atoms with van der Waals surface area (Å²) in [5, 5.41) is 8.27. The molecule has 0 aliphatic carbocycles. The van der Waals surface area contributed by atoms with Gasteiger partial charge in [-0.3, -0.25) is 0 Å². The summed E-state index contributed by atoms with van der Waals surface area (Å²) in [7, 11) is 0. The Morgan fingerprint density at radius 1 is 1.31 bits per heavy atom. The molecule has 0 aliphatic rings. The molecule has 0 amide bonds. The first-order valence-corrected chi connectivity index (χ1v) is 4.91. The molecule has 0 radical (unpaired) electrons. The van der Waals surface area contributed by atoms with E-state index in [-0.39, 0.29) is 5.82 Å². The van der Waals surface area contributed by atoms with E-state index in [1.165, 1.54) is 6.07 Å². The molecular formula is C8H3ClFIN2. The quantitative estimate of drug-likeness (QED) is 0.699. The van der Waals surface area contributed by atoms with Crippen LogP contribution in [-0.2, 0) is 0 Å². The normalized spacial score (nSPS) is 10.7. The van der Waals surface area contributed by atoms with Gasteiger partial charge in [-0.15, -0.1) is 10.2 Å². The summed E-state index contributed by atoms with van der Waals surface area (Å²) in [5.41, 5.74) is 0.477. The van der Waals surface area contributed by atoms with Crippen LogP contribution in [0.1, 0.15) is 0 Å². The number of aromatic nitrogens is 2. The van der Waals surface area contributed by atoms with Crippen molar-refractivity contribution in [1.82, 2.24) is 10.2 Å². The van der Waals surface area contributed by atoms with Gasteiger partial charge in [0.15, 0.2) is 0 Å². The number of fused-ring (bicyclic) bond motifs is 1. The molecule has 2 nitrogen and oxygen atoms in total. The van der Waals surface area contributed by atoms with Crippen molar-refractivity contribution >= 4 is 45.1 Å². The van der Waals surface area contributed by atoms with E-state index in [4.69, 9.17) is 11.6 Å². The molecule has 0 atom stereocenters. The second-order valence-electron chi connectivity index (χ2n) is 2.44. The second-order valence-corrected chi connectivity index (χ2v) is 3.84. The van der Waals surface area contributed by atoms with Gasteiger partial charge in [0.1, 0.15) is 9.52 Å². The zero-order valence-corrected chi connectivity index (χ0v) is 9.17. The lowest BCUT2D eigenvalue weighted by atomic mass is 10.2. The average Bonchev–Trinajstić information content (AvgIpc) is 2.12. The highest BCUT2D eigenvalue weighted by Gasteiger charge is 2.09. The van der Waals surface area contributed by atoms with Crippen molar-refractivity contribution in [3.63, 3.8) is 0 Å². The molecule has 0 saturated carbocycles. The van der Waals surface area contributed by atoms with Crippen molar-refractivity contribution in [3.8, 4) is 0 Å². The van der Waals surface area contributed by atoms with Crippen LogP contribution in [0.4, 0.5) is 4.39 Å². The van der Waals surface area contributed by atoms with E-state index in [0.717, 1.165) is 0 Å². The van der Waals surface area contributed by atoms with Gasteiger partial charge in [0, 0.05) is 0 Å². The monoisotopic (exact) mass is 308 g/mol. The average molecular weight is 308 g/mol. The van der Waals surface area contributed by atoms with E-state index in [1.807, 2.05) is 22.6 Å². The molecule has 13 heavy (non-hydrogen) atoms. The Balaban J connectivity index is 2.97. The molecule has 66 valence electrons. The number of nitrogens with zero attached hydrogens (tertiary/aromatic N) is 2. The maximum absolute atomic E-state index is 13.3. The Morgan fingerprint density at radius 2 is 2.08 bits per heavy atom. The second kappa shape index (κ2) is 3.34. The highest BCUT2D eigenvalue weighted by molar-refractivity contribution is 14.1. The van der Waals surface area contributed by atoms with Gasteiger partial charge in [-0.05, 0) is 34.7 Å². The lowest BCUT2D eigenvalue weighted by molar-refractivity contribution is 0.639. The lowest BCUT2D eigenvalue weighted by Gasteiger charge is -2.00. The molecule has 0 bridgehead atoms. The zero-order chi connectivity index (χ0) is 9.42. The van der Waals surface area contributed by atoms with Gasteiger partial charge >= 0.3 is 0 Å². The van der Waals surface area contributed by atoms with Crippen molar-refractivity contribution in [2.45, 2.75) is 0 Å². The molecule has 0 fully saturated rings. The van der Waals surface area contributed by atoms with E-state index in [9.17, 15) is 4.39 Å². The molecule has 1 aromatic heterocycles. The lowest BCUT2D eigenvalue weighted by Crippen LogP contribution is -1.91. The van der Waals surface area contributed by atoms with Crippen molar-refractivity contribution in [2.75, 3.05) is 0 Å². The molecular weight excluding hydrogens is 305 g/mol. The van der Waals surface area contributed by atoms with Crippen molar-refractivity contribution in [2.24, 2.45) is 0 Å². The predicted molar refractivity (Wildman–Crippen MR) is 57.2 cm³/mol. The van der Waals surface area contributed by atoms with E-state index in [1.54, 1.807) is 12.1 Å². The molecule has 0 spiro atoms. The van der Waals surface area contributed by atoms with Crippen LogP contribution in [0, 0.1) is 9.52 Å². The van der Waals surface area contributed by atoms with Crippen LogP contribution in [0.5, 0.6) is 0 Å². The molecule has 0 N–H and O–H groups in total. The summed E-state index contributed by atoms with van der Waals surface area (Å²) >= 11 is 7.80. The fourth-order valence-corrected chi connectivity index (χ4v) is 1.66. The number of halogens is 3. The maximum Gasteiger partial charge on any atom is 0.143 e. The minimum absolute atomic E-state index is 0.323. The first-order valence-electron chi connectivity index (χ1n) is 3.46. The minimum atomic E-state index is -0.365. The first kappa shape index (κ1) is 9.08. The van der Waals surface area contributed by atoms with Crippen LogP contribution in [-0.4, -0.2) is 10.2 Å². The highest BCUT2D eigenvalue weighted by atomic mass is 127. The van der Waals surface area contributed by atoms with Gasteiger partial charge in [-0.1, -0.05) is 17.7 Å². The Hall–Kier alpha value is -0.490. The van der Waals surface area contributed by atoms with Crippen LogP contribution >= 0.6 is 34.2 Å². The Kier molecular flexibility index (Phi) is 2.33. The Bertz CT molecular complexity index is 475. The van der Waals surface area contributed by atoms with Gasteiger partial charge < -0.3 is 0 Å². The summed E-state index contributed by atoms with van der Waals surface area (Å²) in [6.45, 7) is 0. The molecule has 5 heteroatoms. The summed E-state index contributed by atoms with van der Waals surface area (Å²) in [6, 6.07) is 4.61.